The summed E-state index contributed by atoms with van der Waals surface area (Å²) in [7, 11) is 0. The van der Waals surface area contributed by atoms with E-state index in [1.165, 1.54) is 161 Å². The molecule has 5 heteroatoms. The molecule has 0 aliphatic rings. The molecule has 0 amide bonds. The fourth-order valence-corrected chi connectivity index (χ4v) is 5.91. The first-order valence-corrected chi connectivity index (χ1v) is 19.6. The third-order valence-corrected chi connectivity index (χ3v) is 8.90. The first kappa shape index (κ1) is 46.0. The SMILES string of the molecule is C.CCCCCCCCCCCCCCCCCC(=O)OCC(CO)OC(=O)CCCCCCCCCCCCCCCCC. The molecule has 1 unspecified atom stereocenters. The predicted molar refractivity (Wildman–Crippen MR) is 194 cm³/mol. The summed E-state index contributed by atoms with van der Waals surface area (Å²) in [6.07, 6.45) is 38.7. The van der Waals surface area contributed by atoms with E-state index in [1.807, 2.05) is 0 Å². The maximum Gasteiger partial charge on any atom is 0.306 e. The van der Waals surface area contributed by atoms with E-state index in [0.717, 1.165) is 32.1 Å². The summed E-state index contributed by atoms with van der Waals surface area (Å²) in [5.41, 5.74) is 0. The summed E-state index contributed by atoms with van der Waals surface area (Å²) in [6, 6.07) is 0. The van der Waals surface area contributed by atoms with Crippen LogP contribution >= 0.6 is 0 Å². The number of aliphatic hydroxyl groups excluding tert-OH is 1. The first-order valence-electron chi connectivity index (χ1n) is 19.6. The van der Waals surface area contributed by atoms with E-state index in [4.69, 9.17) is 9.47 Å². The maximum atomic E-state index is 12.1. The molecule has 0 radical (unpaired) electrons. The van der Waals surface area contributed by atoms with Gasteiger partial charge in [-0.1, -0.05) is 201 Å². The zero-order chi connectivity index (χ0) is 32.2. The van der Waals surface area contributed by atoms with E-state index in [9.17, 15) is 14.7 Å². The highest BCUT2D eigenvalue weighted by Crippen LogP contribution is 2.15. The molecular weight excluding hydrogens is 560 g/mol. The molecule has 0 saturated heterocycles. The Balaban J connectivity index is 0. The molecule has 5 nitrogen and oxygen atoms in total. The number of unbranched alkanes of at least 4 members (excludes halogenated alkanes) is 28. The summed E-state index contributed by atoms with van der Waals surface area (Å²) < 4.78 is 10.6. The Labute approximate surface area is 281 Å². The average molecular weight is 641 g/mol. The molecule has 45 heavy (non-hydrogen) atoms. The quantitative estimate of drug-likeness (QED) is 0.0545. The van der Waals surface area contributed by atoms with Crippen molar-refractivity contribution >= 4 is 11.9 Å². The van der Waals surface area contributed by atoms with E-state index in [0.29, 0.717) is 12.8 Å². The summed E-state index contributed by atoms with van der Waals surface area (Å²) >= 11 is 0. The summed E-state index contributed by atoms with van der Waals surface area (Å²) in [6.45, 7) is 4.16. The van der Waals surface area contributed by atoms with Gasteiger partial charge in [-0.05, 0) is 12.8 Å². The molecule has 0 aliphatic heterocycles. The summed E-state index contributed by atoms with van der Waals surface area (Å²) in [4.78, 5) is 24.2. The third kappa shape index (κ3) is 37.2. The molecule has 0 aliphatic carbocycles. The van der Waals surface area contributed by atoms with Crippen molar-refractivity contribution < 1.29 is 24.2 Å². The van der Waals surface area contributed by atoms with Crippen LogP contribution in [0.2, 0.25) is 0 Å². The molecule has 0 aromatic carbocycles. The molecule has 0 fully saturated rings. The van der Waals surface area contributed by atoms with Crippen molar-refractivity contribution in [2.45, 2.75) is 233 Å². The lowest BCUT2D eigenvalue weighted by molar-refractivity contribution is -0.161. The molecule has 1 atom stereocenters. The second-order valence-corrected chi connectivity index (χ2v) is 13.4. The zero-order valence-electron chi connectivity index (χ0n) is 29.7. The number of hydrogen-bond acceptors (Lipinski definition) is 5. The molecule has 0 heterocycles. The van der Waals surface area contributed by atoms with Crippen molar-refractivity contribution in [2.75, 3.05) is 13.2 Å². The van der Waals surface area contributed by atoms with Gasteiger partial charge in [0, 0.05) is 12.8 Å². The first-order chi connectivity index (χ1) is 21.6. The van der Waals surface area contributed by atoms with Crippen molar-refractivity contribution in [1.29, 1.82) is 0 Å². The van der Waals surface area contributed by atoms with Gasteiger partial charge < -0.3 is 14.6 Å². The van der Waals surface area contributed by atoms with Crippen molar-refractivity contribution in [1.82, 2.24) is 0 Å². The monoisotopic (exact) mass is 641 g/mol. The maximum absolute atomic E-state index is 12.1. The van der Waals surface area contributed by atoms with E-state index >= 15 is 0 Å². The van der Waals surface area contributed by atoms with Gasteiger partial charge in [0.15, 0.2) is 6.10 Å². The Morgan fingerprint density at radius 2 is 0.711 bits per heavy atom. The van der Waals surface area contributed by atoms with E-state index in [2.05, 4.69) is 13.8 Å². The minimum atomic E-state index is -0.760. The molecular formula is C40H80O5. The fourth-order valence-electron chi connectivity index (χ4n) is 5.91. The minimum absolute atomic E-state index is 0. The van der Waals surface area contributed by atoms with Crippen LogP contribution in [0.3, 0.4) is 0 Å². The molecule has 0 aromatic heterocycles. The molecule has 0 bridgehead atoms. The van der Waals surface area contributed by atoms with Gasteiger partial charge in [0.05, 0.1) is 6.61 Å². The van der Waals surface area contributed by atoms with Crippen LogP contribution in [0.1, 0.15) is 227 Å². The van der Waals surface area contributed by atoms with Crippen LogP contribution in [0.4, 0.5) is 0 Å². The van der Waals surface area contributed by atoms with E-state index in [-0.39, 0.29) is 32.6 Å². The van der Waals surface area contributed by atoms with Gasteiger partial charge in [0.25, 0.3) is 0 Å². The van der Waals surface area contributed by atoms with Crippen molar-refractivity contribution in [3.8, 4) is 0 Å². The van der Waals surface area contributed by atoms with Crippen LogP contribution in [0.15, 0.2) is 0 Å². The lowest BCUT2D eigenvalue weighted by Gasteiger charge is -2.15. The van der Waals surface area contributed by atoms with Gasteiger partial charge in [0.2, 0.25) is 0 Å². The minimum Gasteiger partial charge on any atom is -0.462 e. The highest BCUT2D eigenvalue weighted by molar-refractivity contribution is 5.70. The smallest absolute Gasteiger partial charge is 0.306 e. The number of hydrogen-bond donors (Lipinski definition) is 1. The molecule has 0 rings (SSSR count). The molecule has 0 saturated carbocycles. The van der Waals surface area contributed by atoms with Crippen LogP contribution in [-0.2, 0) is 19.1 Å². The second kappa shape index (κ2) is 39.1. The van der Waals surface area contributed by atoms with Crippen LogP contribution in [0.5, 0.6) is 0 Å². The fraction of sp³-hybridized carbons (Fsp3) is 0.950. The van der Waals surface area contributed by atoms with Crippen LogP contribution < -0.4 is 0 Å². The normalized spacial score (nSPS) is 11.7. The third-order valence-electron chi connectivity index (χ3n) is 8.90. The van der Waals surface area contributed by atoms with Gasteiger partial charge >= 0.3 is 11.9 Å². The molecule has 1 N–H and O–H groups in total. The van der Waals surface area contributed by atoms with Crippen molar-refractivity contribution in [3.63, 3.8) is 0 Å². The lowest BCUT2D eigenvalue weighted by Crippen LogP contribution is -2.28. The Kier molecular flexibility index (Phi) is 40.0. The standard InChI is InChI=1S/C39H76O5.CH4/c1-3-5-7-9-11-13-15-17-19-21-23-25-27-29-31-33-38(41)43-36-37(35-40)44-39(42)34-32-30-28-26-24-22-20-18-16-14-12-10-8-6-4-2;/h37,40H,3-36H2,1-2H3;1H4. The van der Waals surface area contributed by atoms with E-state index in [1.54, 1.807) is 0 Å². The van der Waals surface area contributed by atoms with Gasteiger partial charge in [-0.25, -0.2) is 0 Å². The zero-order valence-corrected chi connectivity index (χ0v) is 29.7. The summed E-state index contributed by atoms with van der Waals surface area (Å²) in [5.74, 6) is -0.575. The lowest BCUT2D eigenvalue weighted by atomic mass is 10.0. The number of carbonyl (C=O) groups excluding carboxylic acids is 2. The number of esters is 2. The summed E-state index contributed by atoms with van der Waals surface area (Å²) in [5, 5.41) is 9.54. The van der Waals surface area contributed by atoms with Crippen LogP contribution in [-0.4, -0.2) is 36.4 Å². The largest absolute Gasteiger partial charge is 0.462 e. The van der Waals surface area contributed by atoms with E-state index < -0.39 is 6.10 Å². The Hall–Kier alpha value is -1.10. The highest BCUT2D eigenvalue weighted by atomic mass is 16.6. The Bertz CT molecular complexity index is 593. The number of carbonyl (C=O) groups is 2. The molecule has 0 spiro atoms. The van der Waals surface area contributed by atoms with Gasteiger partial charge in [-0.2, -0.15) is 0 Å². The number of rotatable bonds is 36. The van der Waals surface area contributed by atoms with Gasteiger partial charge in [0.1, 0.15) is 6.61 Å². The van der Waals surface area contributed by atoms with Crippen molar-refractivity contribution in [2.24, 2.45) is 0 Å². The number of aliphatic hydroxyl groups is 1. The average Bonchev–Trinajstić information content (AvgIpc) is 3.02. The van der Waals surface area contributed by atoms with Gasteiger partial charge in [-0.3, -0.25) is 9.59 Å². The highest BCUT2D eigenvalue weighted by Gasteiger charge is 2.16. The van der Waals surface area contributed by atoms with Gasteiger partial charge in [-0.15, -0.1) is 0 Å². The molecule has 270 valence electrons. The predicted octanol–water partition coefficient (Wildman–Crippen LogP) is 12.6. The Morgan fingerprint density at radius 3 is 1.00 bits per heavy atom. The Morgan fingerprint density at radius 1 is 0.444 bits per heavy atom. The van der Waals surface area contributed by atoms with Crippen LogP contribution in [0.25, 0.3) is 0 Å². The van der Waals surface area contributed by atoms with Crippen LogP contribution in [0, 0.1) is 0 Å². The second-order valence-electron chi connectivity index (χ2n) is 13.4. The molecule has 0 aromatic rings. The number of ether oxygens (including phenoxy) is 2. The van der Waals surface area contributed by atoms with Crippen molar-refractivity contribution in [3.05, 3.63) is 0 Å². The topological polar surface area (TPSA) is 72.8 Å².